The van der Waals surface area contributed by atoms with Crippen molar-refractivity contribution in [2.75, 3.05) is 5.32 Å². The Morgan fingerprint density at radius 2 is 1.76 bits per heavy atom. The van der Waals surface area contributed by atoms with E-state index in [1.165, 1.54) is 0 Å². The first-order valence-corrected chi connectivity index (χ1v) is 9.93. The second-order valence-electron chi connectivity index (χ2n) is 6.64. The molecule has 0 bridgehead atoms. The van der Waals surface area contributed by atoms with E-state index in [-0.39, 0.29) is 12.3 Å². The van der Waals surface area contributed by atoms with Gasteiger partial charge in [0.2, 0.25) is 11.8 Å². The zero-order valence-electron chi connectivity index (χ0n) is 15.3. The normalized spacial score (nSPS) is 11.0. The Hall–Kier alpha value is -2.53. The van der Waals surface area contributed by atoms with Crippen LogP contribution in [0.15, 0.2) is 59.0 Å². The molecule has 0 unspecified atom stereocenters. The molecule has 0 saturated carbocycles. The molecule has 0 saturated heterocycles. The maximum Gasteiger partial charge on any atom is 0.228 e. The van der Waals surface area contributed by atoms with E-state index in [9.17, 15) is 4.79 Å². The van der Waals surface area contributed by atoms with Crippen LogP contribution in [0.1, 0.15) is 11.1 Å². The minimum atomic E-state index is -0.125. The third-order valence-corrected chi connectivity index (χ3v) is 5.20. The van der Waals surface area contributed by atoms with Crippen LogP contribution in [0.3, 0.4) is 0 Å². The Labute approximate surface area is 182 Å². The number of anilines is 1. The molecule has 3 aromatic carbocycles. The molecule has 7 heteroatoms. The number of hydrogen-bond donors (Lipinski definition) is 1. The highest BCUT2D eigenvalue weighted by Gasteiger charge is 2.14. The van der Waals surface area contributed by atoms with E-state index in [2.05, 4.69) is 10.3 Å². The molecule has 4 nitrogen and oxygen atoms in total. The number of halogens is 3. The number of hydrogen-bond acceptors (Lipinski definition) is 3. The summed E-state index contributed by atoms with van der Waals surface area (Å²) in [6.07, 6.45) is 0.248. The van der Waals surface area contributed by atoms with Crippen molar-refractivity contribution < 1.29 is 9.21 Å². The molecule has 1 aromatic heterocycles. The first kappa shape index (κ1) is 19.8. The SMILES string of the molecule is Cc1ccc(-c2nc3cc(Cl)cc(Cl)c3o2)cc1NC(=O)Cc1ccc(Cl)cc1. The van der Waals surface area contributed by atoms with Gasteiger partial charge in [-0.15, -0.1) is 0 Å². The molecule has 4 rings (SSSR count). The summed E-state index contributed by atoms with van der Waals surface area (Å²) in [6, 6.07) is 16.1. The Bertz CT molecular complexity index is 1220. The number of nitrogens with zero attached hydrogens (tertiary/aromatic N) is 1. The molecular formula is C22H15Cl3N2O2. The third kappa shape index (κ3) is 4.40. The van der Waals surface area contributed by atoms with Crippen molar-refractivity contribution in [1.82, 2.24) is 4.98 Å². The van der Waals surface area contributed by atoms with E-state index in [0.717, 1.165) is 16.7 Å². The van der Waals surface area contributed by atoms with Crippen molar-refractivity contribution in [3.8, 4) is 11.5 Å². The van der Waals surface area contributed by atoms with Crippen LogP contribution in [0.5, 0.6) is 0 Å². The fraction of sp³-hybridized carbons (Fsp3) is 0.0909. The van der Waals surface area contributed by atoms with E-state index in [1.54, 1.807) is 24.3 Å². The molecule has 0 aliphatic heterocycles. The van der Waals surface area contributed by atoms with E-state index >= 15 is 0 Å². The molecule has 0 spiro atoms. The zero-order valence-corrected chi connectivity index (χ0v) is 17.6. The lowest BCUT2D eigenvalue weighted by Gasteiger charge is -2.10. The molecule has 0 aliphatic carbocycles. The predicted octanol–water partition coefficient (Wildman–Crippen LogP) is 6.94. The van der Waals surface area contributed by atoms with Crippen LogP contribution < -0.4 is 5.32 Å². The van der Waals surface area contributed by atoms with Crippen LogP contribution in [0, 0.1) is 6.92 Å². The lowest BCUT2D eigenvalue weighted by molar-refractivity contribution is -0.115. The molecule has 0 atom stereocenters. The number of benzene rings is 3. The highest BCUT2D eigenvalue weighted by Crippen LogP contribution is 2.33. The van der Waals surface area contributed by atoms with E-state index < -0.39 is 0 Å². The zero-order chi connectivity index (χ0) is 20.5. The molecule has 0 aliphatic rings. The van der Waals surface area contributed by atoms with Gasteiger partial charge in [-0.25, -0.2) is 4.98 Å². The topological polar surface area (TPSA) is 55.1 Å². The van der Waals surface area contributed by atoms with Crippen molar-refractivity contribution in [2.24, 2.45) is 0 Å². The van der Waals surface area contributed by atoms with Crippen LogP contribution in [0.4, 0.5) is 5.69 Å². The Morgan fingerprint density at radius 1 is 1.00 bits per heavy atom. The van der Waals surface area contributed by atoms with Crippen molar-refractivity contribution in [2.45, 2.75) is 13.3 Å². The molecule has 29 heavy (non-hydrogen) atoms. The number of nitrogens with one attached hydrogen (secondary N) is 1. The number of fused-ring (bicyclic) bond motifs is 1. The number of carbonyl (C=O) groups excluding carboxylic acids is 1. The summed E-state index contributed by atoms with van der Waals surface area (Å²) in [4.78, 5) is 16.9. The second-order valence-corrected chi connectivity index (χ2v) is 7.92. The average Bonchev–Trinajstić information content (AvgIpc) is 3.10. The lowest BCUT2D eigenvalue weighted by Crippen LogP contribution is -2.15. The van der Waals surface area contributed by atoms with Gasteiger partial charge in [-0.1, -0.05) is 53.0 Å². The van der Waals surface area contributed by atoms with Crippen LogP contribution in [0.25, 0.3) is 22.6 Å². The number of oxazole rings is 1. The predicted molar refractivity (Wildman–Crippen MR) is 118 cm³/mol. The van der Waals surface area contributed by atoms with Crippen molar-refractivity contribution in [3.63, 3.8) is 0 Å². The summed E-state index contributed by atoms with van der Waals surface area (Å²) in [7, 11) is 0. The minimum absolute atomic E-state index is 0.125. The van der Waals surface area contributed by atoms with E-state index in [1.807, 2.05) is 37.3 Å². The lowest BCUT2D eigenvalue weighted by atomic mass is 10.1. The summed E-state index contributed by atoms with van der Waals surface area (Å²) in [5.74, 6) is 0.275. The summed E-state index contributed by atoms with van der Waals surface area (Å²) >= 11 is 18.1. The standard InChI is InChI=1S/C22H15Cl3N2O2/c1-12-2-5-14(22-27-19-11-16(24)10-17(25)21(19)29-22)9-18(12)26-20(28)8-13-3-6-15(23)7-4-13/h2-7,9-11H,8H2,1H3,(H,26,28). The summed E-state index contributed by atoms with van der Waals surface area (Å²) < 4.78 is 5.82. The van der Waals surface area contributed by atoms with Gasteiger partial charge in [0.1, 0.15) is 5.52 Å². The first-order chi connectivity index (χ1) is 13.9. The minimum Gasteiger partial charge on any atom is -0.435 e. The molecule has 0 radical (unpaired) electrons. The van der Waals surface area contributed by atoms with Crippen molar-refractivity contribution in [3.05, 3.63) is 80.8 Å². The van der Waals surface area contributed by atoms with Gasteiger partial charge in [0, 0.05) is 21.3 Å². The largest absolute Gasteiger partial charge is 0.435 e. The molecular weight excluding hydrogens is 431 g/mol. The van der Waals surface area contributed by atoms with Crippen LogP contribution in [-0.2, 0) is 11.2 Å². The Balaban J connectivity index is 1.60. The van der Waals surface area contributed by atoms with Crippen molar-refractivity contribution in [1.29, 1.82) is 0 Å². The summed E-state index contributed by atoms with van der Waals surface area (Å²) in [5, 5.41) is 4.47. The van der Waals surface area contributed by atoms with Gasteiger partial charge in [0.25, 0.3) is 0 Å². The van der Waals surface area contributed by atoms with Gasteiger partial charge in [-0.3, -0.25) is 4.79 Å². The monoisotopic (exact) mass is 444 g/mol. The molecule has 4 aromatic rings. The quantitative estimate of drug-likeness (QED) is 0.370. The number of aryl methyl sites for hydroxylation is 1. The fourth-order valence-corrected chi connectivity index (χ4v) is 3.60. The van der Waals surface area contributed by atoms with E-state index in [4.69, 9.17) is 39.2 Å². The van der Waals surface area contributed by atoms with Gasteiger partial charge < -0.3 is 9.73 Å². The van der Waals surface area contributed by atoms with Crippen LogP contribution >= 0.6 is 34.8 Å². The van der Waals surface area contributed by atoms with Gasteiger partial charge in [0.05, 0.1) is 11.4 Å². The van der Waals surface area contributed by atoms with Crippen LogP contribution in [-0.4, -0.2) is 10.9 Å². The van der Waals surface area contributed by atoms with Gasteiger partial charge >= 0.3 is 0 Å². The number of carbonyl (C=O) groups is 1. The summed E-state index contributed by atoms with van der Waals surface area (Å²) in [6.45, 7) is 1.92. The smallest absolute Gasteiger partial charge is 0.228 e. The highest BCUT2D eigenvalue weighted by molar-refractivity contribution is 6.38. The van der Waals surface area contributed by atoms with Gasteiger partial charge in [-0.2, -0.15) is 0 Å². The molecule has 1 N–H and O–H groups in total. The molecule has 1 heterocycles. The highest BCUT2D eigenvalue weighted by atomic mass is 35.5. The summed E-state index contributed by atoms with van der Waals surface area (Å²) in [5.41, 5.74) is 4.27. The maximum atomic E-state index is 12.5. The number of rotatable bonds is 4. The molecule has 0 fully saturated rings. The van der Waals surface area contributed by atoms with Gasteiger partial charge in [-0.05, 0) is 54.4 Å². The molecule has 146 valence electrons. The first-order valence-electron chi connectivity index (χ1n) is 8.80. The average molecular weight is 446 g/mol. The van der Waals surface area contributed by atoms with Crippen LogP contribution in [0.2, 0.25) is 15.1 Å². The Morgan fingerprint density at radius 3 is 2.52 bits per heavy atom. The van der Waals surface area contributed by atoms with E-state index in [0.29, 0.717) is 37.7 Å². The number of aromatic nitrogens is 1. The Kier molecular flexibility index (Phi) is 5.50. The van der Waals surface area contributed by atoms with Crippen molar-refractivity contribution >= 4 is 57.5 Å². The number of amides is 1. The maximum absolute atomic E-state index is 12.5. The fourth-order valence-electron chi connectivity index (χ4n) is 2.95. The van der Waals surface area contributed by atoms with Gasteiger partial charge in [0.15, 0.2) is 5.58 Å². The second kappa shape index (κ2) is 8.07. The molecule has 1 amide bonds. The third-order valence-electron chi connectivity index (χ3n) is 4.45.